The van der Waals surface area contributed by atoms with Crippen molar-refractivity contribution in [2.75, 3.05) is 19.6 Å². The highest BCUT2D eigenvalue weighted by atomic mass is 35.5. The lowest BCUT2D eigenvalue weighted by Gasteiger charge is -2.29. The van der Waals surface area contributed by atoms with Crippen LogP contribution in [-0.4, -0.2) is 25.4 Å². The fourth-order valence-electron chi connectivity index (χ4n) is 3.13. The summed E-state index contributed by atoms with van der Waals surface area (Å²) < 4.78 is 10.9. The van der Waals surface area contributed by atoms with Crippen LogP contribution in [0.15, 0.2) is 48.1 Å². The third kappa shape index (κ3) is 5.45. The Labute approximate surface area is 155 Å². The van der Waals surface area contributed by atoms with Gasteiger partial charge < -0.3 is 9.47 Å². The third-order valence-corrected chi connectivity index (χ3v) is 5.06. The van der Waals surface area contributed by atoms with Crippen molar-refractivity contribution in [3.05, 3.63) is 53.6 Å². The zero-order valence-corrected chi connectivity index (χ0v) is 15.8. The molecule has 2 atom stereocenters. The summed E-state index contributed by atoms with van der Waals surface area (Å²) in [5, 5.41) is 0. The Balaban J connectivity index is 1.87. The van der Waals surface area contributed by atoms with Gasteiger partial charge in [-0.05, 0) is 42.5 Å². The summed E-state index contributed by atoms with van der Waals surface area (Å²) in [4.78, 5) is 12.5. The molecule has 0 saturated heterocycles. The minimum atomic E-state index is 0.0887. The molecule has 1 aliphatic carbocycles. The number of hydrogen-bond donors (Lipinski definition) is 0. The highest BCUT2D eigenvalue weighted by molar-refractivity contribution is 6.19. The smallest absolute Gasteiger partial charge is 0.161 e. The normalized spacial score (nSPS) is 22.2. The van der Waals surface area contributed by atoms with Gasteiger partial charge in [-0.25, -0.2) is 0 Å². The Morgan fingerprint density at radius 3 is 2.68 bits per heavy atom. The largest absolute Gasteiger partial charge is 0.497 e. The van der Waals surface area contributed by atoms with E-state index >= 15 is 0 Å². The van der Waals surface area contributed by atoms with Crippen molar-refractivity contribution < 1.29 is 14.3 Å². The van der Waals surface area contributed by atoms with Gasteiger partial charge in [-0.2, -0.15) is 0 Å². The van der Waals surface area contributed by atoms with E-state index in [1.807, 2.05) is 37.3 Å². The topological polar surface area (TPSA) is 35.5 Å². The number of ether oxygens (including phenoxy) is 2. The van der Waals surface area contributed by atoms with Crippen LogP contribution in [0.2, 0.25) is 0 Å². The predicted molar refractivity (Wildman–Crippen MR) is 102 cm³/mol. The lowest BCUT2D eigenvalue weighted by molar-refractivity contribution is -0.120. The van der Waals surface area contributed by atoms with Crippen LogP contribution >= 0.6 is 11.6 Å². The lowest BCUT2D eigenvalue weighted by Crippen LogP contribution is -2.27. The molecule has 0 heterocycles. The van der Waals surface area contributed by atoms with Crippen molar-refractivity contribution in [2.24, 2.45) is 11.8 Å². The maximum atomic E-state index is 12.5. The van der Waals surface area contributed by atoms with Gasteiger partial charge in [-0.1, -0.05) is 37.3 Å². The highest BCUT2D eigenvalue weighted by Gasteiger charge is 2.31. The van der Waals surface area contributed by atoms with Crippen LogP contribution in [0.1, 0.15) is 31.7 Å². The van der Waals surface area contributed by atoms with E-state index in [1.54, 1.807) is 7.11 Å². The van der Waals surface area contributed by atoms with E-state index in [4.69, 9.17) is 21.1 Å². The van der Waals surface area contributed by atoms with Crippen LogP contribution in [0.25, 0.3) is 0 Å². The van der Waals surface area contributed by atoms with Gasteiger partial charge in [0.1, 0.15) is 5.75 Å². The molecule has 0 bridgehead atoms. The van der Waals surface area contributed by atoms with Gasteiger partial charge in [0.2, 0.25) is 0 Å². The first-order chi connectivity index (χ1) is 12.1. The Kier molecular flexibility index (Phi) is 7.73. The van der Waals surface area contributed by atoms with Gasteiger partial charge in [0, 0.05) is 17.7 Å². The average Bonchev–Trinajstić information content (AvgIpc) is 2.64. The number of alkyl halides is 1. The second-order valence-electron chi connectivity index (χ2n) is 6.54. The molecule has 0 amide bonds. The Bertz CT molecular complexity index is 619. The molecule has 0 radical (unpaired) electrons. The van der Waals surface area contributed by atoms with E-state index in [1.165, 1.54) is 0 Å². The van der Waals surface area contributed by atoms with Gasteiger partial charge in [0.25, 0.3) is 0 Å². The average molecular weight is 363 g/mol. The molecule has 4 heteroatoms. The van der Waals surface area contributed by atoms with E-state index in [0.717, 1.165) is 41.7 Å². The Morgan fingerprint density at radius 1 is 1.32 bits per heavy atom. The van der Waals surface area contributed by atoms with Crippen LogP contribution in [0.4, 0.5) is 0 Å². The molecule has 1 fully saturated rings. The molecule has 1 aliphatic rings. The van der Waals surface area contributed by atoms with E-state index in [0.29, 0.717) is 19.1 Å². The fourth-order valence-corrected chi connectivity index (χ4v) is 3.32. The summed E-state index contributed by atoms with van der Waals surface area (Å²) in [5.74, 6) is 1.66. The first kappa shape index (κ1) is 19.7. The number of carbonyl (C=O) groups excluding carboxylic acids is 1. The van der Waals surface area contributed by atoms with Crippen LogP contribution in [0.3, 0.4) is 0 Å². The van der Waals surface area contributed by atoms with E-state index < -0.39 is 0 Å². The fraction of sp³-hybridized carbons (Fsp3) is 0.476. The van der Waals surface area contributed by atoms with Gasteiger partial charge >= 0.3 is 0 Å². The maximum absolute atomic E-state index is 12.5. The number of halogens is 1. The maximum Gasteiger partial charge on any atom is 0.161 e. The number of carbonyl (C=O) groups is 1. The standard InChI is InChI=1S/C21H27ClO3/c1-15-6-11-19(16(2)13-22)20(21(15)23)5-4-12-25-14-17-7-9-18(24-3)10-8-17/h5,7-10,15,19H,2,4,6,11-14H2,1,3H3/b20-5-/t15-,19+/m1/s1. The predicted octanol–water partition coefficient (Wildman–Crippen LogP) is 4.94. The number of rotatable bonds is 8. The van der Waals surface area contributed by atoms with Crippen LogP contribution in [-0.2, 0) is 16.1 Å². The van der Waals surface area contributed by atoms with Crippen molar-refractivity contribution >= 4 is 17.4 Å². The molecule has 1 aromatic rings. The number of benzene rings is 1. The molecule has 136 valence electrons. The lowest BCUT2D eigenvalue weighted by atomic mass is 9.75. The molecule has 0 aliphatic heterocycles. The first-order valence-corrected chi connectivity index (χ1v) is 9.28. The van der Waals surface area contributed by atoms with Crippen LogP contribution in [0, 0.1) is 11.8 Å². The molecule has 1 aromatic carbocycles. The number of ketones is 1. The Hall–Kier alpha value is -1.58. The highest BCUT2D eigenvalue weighted by Crippen LogP contribution is 2.35. The summed E-state index contributed by atoms with van der Waals surface area (Å²) in [6.45, 7) is 7.17. The van der Waals surface area contributed by atoms with E-state index in [-0.39, 0.29) is 17.6 Å². The molecular weight excluding hydrogens is 336 g/mol. The molecule has 0 unspecified atom stereocenters. The van der Waals surface area contributed by atoms with E-state index in [2.05, 4.69) is 6.58 Å². The Morgan fingerprint density at radius 2 is 2.04 bits per heavy atom. The summed E-state index contributed by atoms with van der Waals surface area (Å²) in [6, 6.07) is 7.82. The molecule has 0 N–H and O–H groups in total. The molecule has 2 rings (SSSR count). The minimum Gasteiger partial charge on any atom is -0.497 e. The van der Waals surface area contributed by atoms with Crippen molar-refractivity contribution in [2.45, 2.75) is 32.8 Å². The van der Waals surface area contributed by atoms with Crippen LogP contribution in [0.5, 0.6) is 5.75 Å². The summed E-state index contributed by atoms with van der Waals surface area (Å²) in [7, 11) is 1.65. The van der Waals surface area contributed by atoms with Gasteiger partial charge in [0.15, 0.2) is 5.78 Å². The second-order valence-corrected chi connectivity index (χ2v) is 6.80. The number of hydrogen-bond acceptors (Lipinski definition) is 3. The SMILES string of the molecule is C=C(CCl)[C@@H]1CC[C@@H](C)C(=O)/C1=C\CCOCc1ccc(OC)cc1. The zero-order valence-electron chi connectivity index (χ0n) is 15.1. The van der Waals surface area contributed by atoms with Gasteiger partial charge in [0.05, 0.1) is 20.3 Å². The quantitative estimate of drug-likeness (QED) is 0.284. The van der Waals surface area contributed by atoms with Gasteiger partial charge in [-0.3, -0.25) is 4.79 Å². The van der Waals surface area contributed by atoms with Crippen molar-refractivity contribution in [1.29, 1.82) is 0 Å². The summed E-state index contributed by atoms with van der Waals surface area (Å²) >= 11 is 5.94. The zero-order chi connectivity index (χ0) is 18.2. The molecular formula is C21H27ClO3. The van der Waals surface area contributed by atoms with Gasteiger partial charge in [-0.15, -0.1) is 11.6 Å². The number of methoxy groups -OCH3 is 1. The number of allylic oxidation sites excluding steroid dienone is 2. The summed E-state index contributed by atoms with van der Waals surface area (Å²) in [5.41, 5.74) is 2.91. The first-order valence-electron chi connectivity index (χ1n) is 8.75. The molecule has 3 nitrogen and oxygen atoms in total. The second kappa shape index (κ2) is 9.79. The molecule has 0 spiro atoms. The summed E-state index contributed by atoms with van der Waals surface area (Å²) in [6.07, 6.45) is 4.60. The van der Waals surface area contributed by atoms with Crippen molar-refractivity contribution in [1.82, 2.24) is 0 Å². The van der Waals surface area contributed by atoms with Crippen LogP contribution < -0.4 is 4.74 Å². The molecule has 0 aromatic heterocycles. The minimum absolute atomic E-state index is 0.0887. The van der Waals surface area contributed by atoms with E-state index in [9.17, 15) is 4.79 Å². The van der Waals surface area contributed by atoms with Crippen molar-refractivity contribution in [3.8, 4) is 5.75 Å². The van der Waals surface area contributed by atoms with Crippen molar-refractivity contribution in [3.63, 3.8) is 0 Å². The number of Topliss-reactive ketones (excluding diaryl/α,β-unsaturated/α-hetero) is 1. The monoisotopic (exact) mass is 362 g/mol. The third-order valence-electron chi connectivity index (χ3n) is 4.71. The molecule has 1 saturated carbocycles. The molecule has 25 heavy (non-hydrogen) atoms.